The van der Waals surface area contributed by atoms with E-state index in [1.165, 1.54) is 0 Å². The third kappa shape index (κ3) is 3.73. The van der Waals surface area contributed by atoms with E-state index < -0.39 is 6.09 Å². The summed E-state index contributed by atoms with van der Waals surface area (Å²) in [5.41, 5.74) is 0. The maximum atomic E-state index is 11.7. The highest BCUT2D eigenvalue weighted by atomic mass is 16.6. The number of hydrogen-bond donors (Lipinski definition) is 1. The van der Waals surface area contributed by atoms with E-state index in [9.17, 15) is 9.59 Å². The van der Waals surface area contributed by atoms with Crippen LogP contribution in [0.1, 0.15) is 20.3 Å². The first kappa shape index (κ1) is 14.4. The molecular weight excluding hydrogens is 256 g/mol. The van der Waals surface area contributed by atoms with Gasteiger partial charge in [0.2, 0.25) is 5.91 Å². The number of hydrogen-bond acceptors (Lipinski definition) is 3. The Morgan fingerprint density at radius 3 is 2.70 bits per heavy atom. The minimum atomic E-state index is -0.480. The van der Waals surface area contributed by atoms with Gasteiger partial charge >= 0.3 is 6.09 Å². The van der Waals surface area contributed by atoms with E-state index in [1.807, 2.05) is 24.8 Å². The Kier molecular flexibility index (Phi) is 4.61. The van der Waals surface area contributed by atoms with Crippen molar-refractivity contribution >= 4 is 12.0 Å². The van der Waals surface area contributed by atoms with Gasteiger partial charge in [0.1, 0.15) is 5.75 Å². The Morgan fingerprint density at radius 1 is 1.40 bits per heavy atom. The topological polar surface area (TPSA) is 58.6 Å². The van der Waals surface area contributed by atoms with E-state index in [2.05, 4.69) is 5.32 Å². The minimum Gasteiger partial charge on any atom is -0.410 e. The molecule has 1 aliphatic rings. The summed E-state index contributed by atoms with van der Waals surface area (Å²) in [6, 6.07) is 9.12. The fourth-order valence-corrected chi connectivity index (χ4v) is 2.30. The van der Waals surface area contributed by atoms with Crippen molar-refractivity contribution in [3.05, 3.63) is 30.3 Å². The van der Waals surface area contributed by atoms with Gasteiger partial charge in [-0.05, 0) is 26.0 Å². The predicted octanol–water partition coefficient (Wildman–Crippen LogP) is 2.03. The van der Waals surface area contributed by atoms with Gasteiger partial charge in [-0.2, -0.15) is 0 Å². The number of rotatable bonds is 4. The van der Waals surface area contributed by atoms with Crippen LogP contribution in [0.3, 0.4) is 0 Å². The Bertz CT molecular complexity index is 473. The Hall–Kier alpha value is -2.04. The van der Waals surface area contributed by atoms with Crippen molar-refractivity contribution < 1.29 is 14.3 Å². The highest BCUT2D eigenvalue weighted by molar-refractivity contribution is 5.79. The standard InChI is InChI=1S/C15H20N2O3/c1-11(2)17-10-12(8-14(17)18)9-16-15(19)20-13-6-4-3-5-7-13/h3-7,11-12H,8-10H2,1-2H3,(H,16,19). The Morgan fingerprint density at radius 2 is 2.10 bits per heavy atom. The van der Waals surface area contributed by atoms with E-state index in [1.54, 1.807) is 24.3 Å². The van der Waals surface area contributed by atoms with Crippen LogP contribution in [0.25, 0.3) is 0 Å². The van der Waals surface area contributed by atoms with Crippen molar-refractivity contribution in [2.24, 2.45) is 5.92 Å². The largest absolute Gasteiger partial charge is 0.412 e. The summed E-state index contributed by atoms with van der Waals surface area (Å²) >= 11 is 0. The quantitative estimate of drug-likeness (QED) is 0.915. The van der Waals surface area contributed by atoms with E-state index in [-0.39, 0.29) is 17.9 Å². The molecule has 2 amide bonds. The van der Waals surface area contributed by atoms with Crippen LogP contribution in [0.2, 0.25) is 0 Å². The summed E-state index contributed by atoms with van der Waals surface area (Å²) in [5.74, 6) is 0.827. The van der Waals surface area contributed by atoms with Crippen LogP contribution in [0, 0.1) is 5.92 Å². The zero-order valence-corrected chi connectivity index (χ0v) is 11.8. The monoisotopic (exact) mass is 276 g/mol. The van der Waals surface area contributed by atoms with Crippen LogP contribution in [-0.2, 0) is 4.79 Å². The molecule has 0 saturated carbocycles. The van der Waals surface area contributed by atoms with Gasteiger partial charge in [0, 0.05) is 31.5 Å². The molecule has 1 N–H and O–H groups in total. The second kappa shape index (κ2) is 6.41. The lowest BCUT2D eigenvalue weighted by Crippen LogP contribution is -2.35. The van der Waals surface area contributed by atoms with Gasteiger partial charge < -0.3 is 15.0 Å². The van der Waals surface area contributed by atoms with Crippen molar-refractivity contribution in [2.75, 3.05) is 13.1 Å². The first-order valence-electron chi connectivity index (χ1n) is 6.86. The van der Waals surface area contributed by atoms with E-state index in [4.69, 9.17) is 4.74 Å². The third-order valence-corrected chi connectivity index (χ3v) is 3.35. The molecule has 1 unspecified atom stereocenters. The lowest BCUT2D eigenvalue weighted by molar-refractivity contribution is -0.129. The Labute approximate surface area is 118 Å². The molecule has 1 atom stereocenters. The van der Waals surface area contributed by atoms with Crippen molar-refractivity contribution in [1.29, 1.82) is 0 Å². The van der Waals surface area contributed by atoms with Crippen LogP contribution in [0.15, 0.2) is 30.3 Å². The van der Waals surface area contributed by atoms with Crippen LogP contribution in [0.5, 0.6) is 5.75 Å². The number of nitrogens with zero attached hydrogens (tertiary/aromatic N) is 1. The highest BCUT2D eigenvalue weighted by Gasteiger charge is 2.31. The highest BCUT2D eigenvalue weighted by Crippen LogP contribution is 2.19. The number of amides is 2. The minimum absolute atomic E-state index is 0.156. The predicted molar refractivity (Wildman–Crippen MR) is 75.4 cm³/mol. The fraction of sp³-hybridized carbons (Fsp3) is 0.467. The SMILES string of the molecule is CC(C)N1CC(CNC(=O)Oc2ccccc2)CC1=O. The van der Waals surface area contributed by atoms with Crippen molar-refractivity contribution in [1.82, 2.24) is 10.2 Å². The third-order valence-electron chi connectivity index (χ3n) is 3.35. The summed E-state index contributed by atoms with van der Waals surface area (Å²) in [4.78, 5) is 25.2. The van der Waals surface area contributed by atoms with Gasteiger partial charge in [-0.3, -0.25) is 4.79 Å². The van der Waals surface area contributed by atoms with Crippen LogP contribution < -0.4 is 10.1 Å². The van der Waals surface area contributed by atoms with Crippen molar-refractivity contribution in [3.63, 3.8) is 0 Å². The van der Waals surface area contributed by atoms with E-state index in [0.29, 0.717) is 25.3 Å². The van der Waals surface area contributed by atoms with E-state index >= 15 is 0 Å². The molecule has 1 fully saturated rings. The molecule has 0 radical (unpaired) electrons. The van der Waals surface area contributed by atoms with E-state index in [0.717, 1.165) is 0 Å². The molecule has 108 valence electrons. The van der Waals surface area contributed by atoms with Crippen LogP contribution in [-0.4, -0.2) is 36.0 Å². The number of para-hydroxylation sites is 1. The molecule has 0 aromatic heterocycles. The summed E-state index contributed by atoms with van der Waals surface area (Å²) < 4.78 is 5.13. The molecule has 5 heteroatoms. The molecule has 0 aliphatic carbocycles. The second-order valence-corrected chi connectivity index (χ2v) is 5.29. The molecule has 1 heterocycles. The van der Waals surface area contributed by atoms with Gasteiger partial charge in [0.05, 0.1) is 0 Å². The first-order chi connectivity index (χ1) is 9.56. The zero-order valence-electron chi connectivity index (χ0n) is 11.8. The fourth-order valence-electron chi connectivity index (χ4n) is 2.30. The summed E-state index contributed by atoms with van der Waals surface area (Å²) in [6.07, 6.45) is 0.00992. The molecule has 5 nitrogen and oxygen atoms in total. The van der Waals surface area contributed by atoms with Gasteiger partial charge in [-0.15, -0.1) is 0 Å². The molecule has 0 bridgehead atoms. The van der Waals surface area contributed by atoms with Crippen LogP contribution >= 0.6 is 0 Å². The number of nitrogens with one attached hydrogen (secondary N) is 1. The lowest BCUT2D eigenvalue weighted by atomic mass is 10.1. The van der Waals surface area contributed by atoms with Gasteiger partial charge in [0.25, 0.3) is 0 Å². The summed E-state index contributed by atoms with van der Waals surface area (Å²) in [7, 11) is 0. The number of benzene rings is 1. The lowest BCUT2D eigenvalue weighted by Gasteiger charge is -2.20. The molecule has 1 saturated heterocycles. The number of carbonyl (C=O) groups is 2. The molecule has 1 aromatic carbocycles. The maximum absolute atomic E-state index is 11.7. The molecule has 0 spiro atoms. The van der Waals surface area contributed by atoms with Gasteiger partial charge in [0.15, 0.2) is 0 Å². The second-order valence-electron chi connectivity index (χ2n) is 5.29. The van der Waals surface area contributed by atoms with Gasteiger partial charge in [-0.25, -0.2) is 4.79 Å². The summed E-state index contributed by atoms with van der Waals surface area (Å²) in [5, 5.41) is 2.71. The van der Waals surface area contributed by atoms with Crippen molar-refractivity contribution in [2.45, 2.75) is 26.3 Å². The molecule has 1 aliphatic heterocycles. The first-order valence-corrected chi connectivity index (χ1v) is 6.86. The average molecular weight is 276 g/mol. The molecule has 20 heavy (non-hydrogen) atoms. The maximum Gasteiger partial charge on any atom is 0.412 e. The molecular formula is C15H20N2O3. The zero-order chi connectivity index (χ0) is 14.5. The number of likely N-dealkylation sites (tertiary alicyclic amines) is 1. The molecule has 2 rings (SSSR count). The molecule has 1 aromatic rings. The Balaban J connectivity index is 1.76. The smallest absolute Gasteiger partial charge is 0.410 e. The summed E-state index contributed by atoms with van der Waals surface area (Å²) in [6.45, 7) is 5.15. The van der Waals surface area contributed by atoms with Gasteiger partial charge in [-0.1, -0.05) is 18.2 Å². The number of carbonyl (C=O) groups excluding carboxylic acids is 2. The average Bonchev–Trinajstić information content (AvgIpc) is 2.79. The number of ether oxygens (including phenoxy) is 1. The normalized spacial score (nSPS) is 18.4. The van der Waals surface area contributed by atoms with Crippen molar-refractivity contribution in [3.8, 4) is 5.75 Å². The van der Waals surface area contributed by atoms with Crippen LogP contribution in [0.4, 0.5) is 4.79 Å².